The highest BCUT2D eigenvalue weighted by Crippen LogP contribution is 2.26. The van der Waals surface area contributed by atoms with Crippen LogP contribution in [0.4, 0.5) is 17.6 Å². The normalized spacial score (nSPS) is 12.7. The smallest absolute Gasteiger partial charge is 0.309 e. The summed E-state index contributed by atoms with van der Waals surface area (Å²) in [6.45, 7) is 3.16. The first-order valence-electron chi connectivity index (χ1n) is 12.5. The van der Waals surface area contributed by atoms with Gasteiger partial charge in [0.1, 0.15) is 18.7 Å². The van der Waals surface area contributed by atoms with Crippen molar-refractivity contribution < 1.29 is 41.4 Å². The van der Waals surface area contributed by atoms with Crippen LogP contribution in [0.5, 0.6) is 5.75 Å². The van der Waals surface area contributed by atoms with E-state index in [0.29, 0.717) is 10.4 Å². The fourth-order valence-corrected chi connectivity index (χ4v) is 4.11. The van der Waals surface area contributed by atoms with E-state index in [1.807, 2.05) is 0 Å². The van der Waals surface area contributed by atoms with Crippen LogP contribution >= 0.6 is 11.6 Å². The Labute approximate surface area is 242 Å². The second kappa shape index (κ2) is 13.1. The van der Waals surface area contributed by atoms with Crippen molar-refractivity contribution in [2.24, 2.45) is 0 Å². The van der Waals surface area contributed by atoms with E-state index in [2.05, 4.69) is 11.2 Å². The fourth-order valence-electron chi connectivity index (χ4n) is 3.94. The molecule has 0 saturated heterocycles. The van der Waals surface area contributed by atoms with Crippen molar-refractivity contribution in [1.29, 1.82) is 0 Å². The van der Waals surface area contributed by atoms with Crippen molar-refractivity contribution in [3.63, 3.8) is 0 Å². The Morgan fingerprint density at radius 2 is 1.74 bits per heavy atom. The lowest BCUT2D eigenvalue weighted by molar-refractivity contribution is -0.153. The Kier molecular flexibility index (Phi) is 10.0. The summed E-state index contributed by atoms with van der Waals surface area (Å²) in [5.41, 5.74) is -1.94. The van der Waals surface area contributed by atoms with Crippen LogP contribution in [0, 0.1) is 35.6 Å². The molecule has 0 radical (unpaired) electrons. The maximum Gasteiger partial charge on any atom is 0.309 e. The van der Waals surface area contributed by atoms with Gasteiger partial charge in [-0.15, -0.1) is 6.42 Å². The molecule has 1 heterocycles. The highest BCUT2D eigenvalue weighted by Gasteiger charge is 2.32. The topological polar surface area (TPSA) is 104 Å². The summed E-state index contributed by atoms with van der Waals surface area (Å²) in [6.07, 6.45) is 5.95. The summed E-state index contributed by atoms with van der Waals surface area (Å²) in [7, 11) is 0. The number of ketones is 1. The van der Waals surface area contributed by atoms with Crippen molar-refractivity contribution in [1.82, 2.24) is 9.88 Å². The van der Waals surface area contributed by atoms with E-state index in [4.69, 9.17) is 27.5 Å². The van der Waals surface area contributed by atoms with Gasteiger partial charge in [-0.1, -0.05) is 30.5 Å². The highest BCUT2D eigenvalue weighted by atomic mass is 35.5. The number of hydrogen-bond acceptors (Lipinski definition) is 6. The number of terminal acetylenes is 1. The van der Waals surface area contributed by atoms with Crippen molar-refractivity contribution in [2.75, 3.05) is 6.61 Å². The molecule has 2 unspecified atom stereocenters. The molecule has 1 amide bonds. The second-order valence-electron chi connectivity index (χ2n) is 9.63. The van der Waals surface area contributed by atoms with Gasteiger partial charge in [0.05, 0.1) is 6.42 Å². The van der Waals surface area contributed by atoms with Gasteiger partial charge in [-0.3, -0.25) is 19.2 Å². The summed E-state index contributed by atoms with van der Waals surface area (Å²) in [5, 5.41) is 3.41. The minimum atomic E-state index is -1.89. The van der Waals surface area contributed by atoms with E-state index in [-0.39, 0.29) is 17.9 Å². The number of esters is 1. The van der Waals surface area contributed by atoms with Gasteiger partial charge in [-0.2, -0.15) is 8.78 Å². The van der Waals surface area contributed by atoms with Gasteiger partial charge in [0.2, 0.25) is 17.5 Å². The molecule has 2 atom stereocenters. The minimum Gasteiger partial charge on any atom is -0.479 e. The van der Waals surface area contributed by atoms with Crippen LogP contribution in [0.25, 0.3) is 10.8 Å². The molecule has 0 aliphatic heterocycles. The van der Waals surface area contributed by atoms with Crippen LogP contribution in [0.15, 0.2) is 41.3 Å². The van der Waals surface area contributed by atoms with Crippen LogP contribution in [-0.2, 0) is 19.1 Å². The summed E-state index contributed by atoms with van der Waals surface area (Å²) in [5.74, 6) is -9.63. The molecule has 0 aliphatic rings. The summed E-state index contributed by atoms with van der Waals surface area (Å²) in [6, 6.07) is 3.29. The van der Waals surface area contributed by atoms with Gasteiger partial charge in [0, 0.05) is 22.7 Å². The molecule has 13 heteroatoms. The first-order valence-corrected chi connectivity index (χ1v) is 12.9. The largest absolute Gasteiger partial charge is 0.479 e. The number of amides is 1. The number of benzene rings is 2. The number of aromatic nitrogens is 1. The minimum absolute atomic E-state index is 0.0425. The van der Waals surface area contributed by atoms with E-state index < -0.39 is 82.9 Å². The summed E-state index contributed by atoms with van der Waals surface area (Å²) < 4.78 is 66.2. The maximum atomic E-state index is 14.0. The predicted octanol–water partition coefficient (Wildman–Crippen LogP) is 4.64. The molecule has 8 nitrogen and oxygen atoms in total. The Bertz CT molecular complexity index is 1620. The van der Waals surface area contributed by atoms with E-state index in [9.17, 15) is 36.7 Å². The lowest BCUT2D eigenvalue weighted by Gasteiger charge is -2.24. The van der Waals surface area contributed by atoms with Crippen LogP contribution in [0.3, 0.4) is 0 Å². The molecule has 0 spiro atoms. The number of nitrogens with zero attached hydrogens (tertiary/aromatic N) is 1. The molecule has 42 heavy (non-hydrogen) atoms. The van der Waals surface area contributed by atoms with E-state index in [1.165, 1.54) is 26.1 Å². The zero-order valence-electron chi connectivity index (χ0n) is 22.6. The van der Waals surface area contributed by atoms with Crippen molar-refractivity contribution in [3.05, 3.63) is 75.2 Å². The quantitative estimate of drug-likeness (QED) is 0.147. The highest BCUT2D eigenvalue weighted by molar-refractivity contribution is 6.31. The number of fused-ring (bicyclic) bond motifs is 1. The van der Waals surface area contributed by atoms with Gasteiger partial charge in [-0.25, -0.2) is 8.78 Å². The molecular weight excluding hydrogens is 584 g/mol. The Hall–Kier alpha value is -4.37. The van der Waals surface area contributed by atoms with Gasteiger partial charge < -0.3 is 19.4 Å². The number of carbonyl (C=O) groups is 3. The zero-order valence-corrected chi connectivity index (χ0v) is 23.4. The lowest BCUT2D eigenvalue weighted by Crippen LogP contribution is -2.48. The molecule has 0 saturated carbocycles. The predicted molar refractivity (Wildman–Crippen MR) is 145 cm³/mol. The van der Waals surface area contributed by atoms with Crippen molar-refractivity contribution >= 4 is 40.0 Å². The number of hydrogen-bond donors (Lipinski definition) is 1. The molecule has 1 N–H and O–H groups in total. The Morgan fingerprint density at radius 3 is 2.33 bits per heavy atom. The number of pyridine rings is 1. The number of halogens is 5. The molecule has 222 valence electrons. The van der Waals surface area contributed by atoms with E-state index in [1.54, 1.807) is 25.1 Å². The molecule has 0 bridgehead atoms. The third-order valence-corrected chi connectivity index (χ3v) is 6.38. The van der Waals surface area contributed by atoms with Gasteiger partial charge >= 0.3 is 5.97 Å². The average molecular weight is 609 g/mol. The number of carbonyl (C=O) groups excluding carboxylic acids is 3. The SMILES string of the molecule is C#CC(C)(C)OC(=O)CC(NC(=O)C(CC)n1ccc2ccc(Cl)cc2c1=O)C(=O)COc1c(F)c(F)cc(F)c1F. The molecule has 3 rings (SSSR count). The number of Topliss-reactive ketones (excluding diaryl/α,β-unsaturated/α-hetero) is 1. The van der Waals surface area contributed by atoms with Crippen molar-refractivity contribution in [3.8, 4) is 18.1 Å². The fraction of sp³-hybridized carbons (Fsp3) is 0.310. The Morgan fingerprint density at radius 1 is 1.10 bits per heavy atom. The summed E-state index contributed by atoms with van der Waals surface area (Å²) in [4.78, 5) is 52.1. The lowest BCUT2D eigenvalue weighted by atomic mass is 10.1. The third-order valence-electron chi connectivity index (χ3n) is 6.14. The third kappa shape index (κ3) is 7.28. The van der Waals surface area contributed by atoms with Gasteiger partial charge in [0.15, 0.2) is 28.8 Å². The first-order chi connectivity index (χ1) is 19.7. The number of nitrogens with one attached hydrogen (secondary N) is 1. The molecule has 1 aromatic heterocycles. The molecule has 0 aliphatic carbocycles. The van der Waals surface area contributed by atoms with E-state index in [0.717, 1.165) is 4.57 Å². The first kappa shape index (κ1) is 32.1. The monoisotopic (exact) mass is 608 g/mol. The number of ether oxygens (including phenoxy) is 2. The van der Waals surface area contributed by atoms with Crippen molar-refractivity contribution in [2.45, 2.75) is 51.3 Å². The molecule has 0 fully saturated rings. The van der Waals surface area contributed by atoms with Crippen LogP contribution in [0.2, 0.25) is 5.02 Å². The molecular formula is C29H25ClF4N2O6. The number of rotatable bonds is 11. The second-order valence-corrected chi connectivity index (χ2v) is 10.1. The zero-order chi connectivity index (χ0) is 31.4. The molecule has 2 aromatic carbocycles. The van der Waals surface area contributed by atoms with E-state index >= 15 is 0 Å². The van der Waals surface area contributed by atoms with Crippen LogP contribution in [0.1, 0.15) is 39.7 Å². The average Bonchev–Trinajstić information content (AvgIpc) is 2.93. The van der Waals surface area contributed by atoms with Gasteiger partial charge in [0.25, 0.3) is 5.56 Å². The Balaban J connectivity index is 1.90. The van der Waals surface area contributed by atoms with Crippen LogP contribution in [-0.4, -0.2) is 40.5 Å². The maximum absolute atomic E-state index is 14.0. The summed E-state index contributed by atoms with van der Waals surface area (Å²) >= 11 is 6.02. The van der Waals surface area contributed by atoms with Gasteiger partial charge in [-0.05, 0) is 43.9 Å². The van der Waals surface area contributed by atoms with Crippen LogP contribution < -0.4 is 15.6 Å². The standard InChI is InChI=1S/C29H25ClF4N2O6/c1-5-21(36-10-9-15-7-8-16(30)11-17(15)28(36)40)27(39)35-20(13-23(38)42-29(3,4)6-2)22(37)14-41-26-24(33)18(31)12-19(32)25(26)34/h2,7-12,20-21H,5,13-14H2,1,3-4H3,(H,35,39). The molecule has 3 aromatic rings.